The maximum absolute atomic E-state index is 13.2. The third-order valence-electron chi connectivity index (χ3n) is 4.22. The molecule has 0 spiro atoms. The van der Waals surface area contributed by atoms with Gasteiger partial charge in [-0.25, -0.2) is 14.1 Å². The molecule has 0 saturated heterocycles. The summed E-state index contributed by atoms with van der Waals surface area (Å²) in [6, 6.07) is 13.1. The van der Waals surface area contributed by atoms with Crippen molar-refractivity contribution in [2.75, 3.05) is 5.32 Å². The van der Waals surface area contributed by atoms with E-state index in [0.29, 0.717) is 39.4 Å². The monoisotopic (exact) mass is 476 g/mol. The normalized spacial score (nSPS) is 10.8. The summed E-state index contributed by atoms with van der Waals surface area (Å²) in [6.07, 6.45) is 1.46. The highest BCUT2D eigenvalue weighted by molar-refractivity contribution is 7.12. The van der Waals surface area contributed by atoms with Crippen molar-refractivity contribution in [3.05, 3.63) is 92.1 Å². The number of nitrogens with zero attached hydrogens (tertiary/aromatic N) is 3. The van der Waals surface area contributed by atoms with Crippen LogP contribution < -0.4 is 10.1 Å². The van der Waals surface area contributed by atoms with E-state index in [1.165, 1.54) is 34.5 Å². The van der Waals surface area contributed by atoms with Crippen LogP contribution in [0.1, 0.15) is 20.8 Å². The van der Waals surface area contributed by atoms with Crippen molar-refractivity contribution in [1.82, 2.24) is 14.8 Å². The van der Waals surface area contributed by atoms with Crippen LogP contribution in [0.4, 0.5) is 10.3 Å². The Morgan fingerprint density at radius 2 is 2.00 bits per heavy atom. The Kier molecular flexibility index (Phi) is 6.50. The molecule has 2 heterocycles. The van der Waals surface area contributed by atoms with Crippen LogP contribution in [0.3, 0.4) is 0 Å². The van der Waals surface area contributed by atoms with Gasteiger partial charge in [-0.2, -0.15) is 0 Å². The fourth-order valence-electron chi connectivity index (χ4n) is 2.71. The lowest BCUT2D eigenvalue weighted by Gasteiger charge is -2.06. The maximum atomic E-state index is 13.2. The molecule has 0 aliphatic rings. The van der Waals surface area contributed by atoms with Crippen molar-refractivity contribution >= 4 is 46.4 Å². The van der Waals surface area contributed by atoms with E-state index in [1.807, 2.05) is 17.5 Å². The smallest absolute Gasteiger partial charge is 0.268 e. The summed E-state index contributed by atoms with van der Waals surface area (Å²) in [4.78, 5) is 17.1. The average molecular weight is 477 g/mol. The van der Waals surface area contributed by atoms with Crippen molar-refractivity contribution in [2.24, 2.45) is 0 Å². The van der Waals surface area contributed by atoms with Crippen molar-refractivity contribution in [3.8, 4) is 5.75 Å². The minimum absolute atomic E-state index is 0.158. The Hall–Kier alpha value is -2.94. The lowest BCUT2D eigenvalue weighted by atomic mass is 10.2. The fraction of sp³-hybridized carbons (Fsp3) is 0.0952. The summed E-state index contributed by atoms with van der Waals surface area (Å²) in [7, 11) is 0. The van der Waals surface area contributed by atoms with Gasteiger partial charge < -0.3 is 4.74 Å². The molecule has 0 radical (unpaired) electrons. The van der Waals surface area contributed by atoms with Crippen LogP contribution >= 0.6 is 34.5 Å². The second-order valence-corrected chi connectivity index (χ2v) is 8.22. The van der Waals surface area contributed by atoms with Crippen LogP contribution in [-0.4, -0.2) is 20.7 Å². The predicted molar refractivity (Wildman–Crippen MR) is 119 cm³/mol. The van der Waals surface area contributed by atoms with E-state index in [9.17, 15) is 9.18 Å². The number of carbonyl (C=O) groups excluding carboxylic acids is 1. The first-order chi connectivity index (χ1) is 15.0. The predicted octanol–water partition coefficient (Wildman–Crippen LogP) is 5.67. The number of amides is 1. The SMILES string of the molecule is O=C(Nc1ncn(Cc2ccc(F)cc2Cl)n1)c1cc(COc2ccccc2Cl)cs1. The van der Waals surface area contributed by atoms with E-state index in [4.69, 9.17) is 27.9 Å². The van der Waals surface area contributed by atoms with Crippen molar-refractivity contribution < 1.29 is 13.9 Å². The van der Waals surface area contributed by atoms with Crippen molar-refractivity contribution in [3.63, 3.8) is 0 Å². The molecule has 6 nitrogen and oxygen atoms in total. The zero-order valence-electron chi connectivity index (χ0n) is 15.9. The highest BCUT2D eigenvalue weighted by Gasteiger charge is 2.13. The lowest BCUT2D eigenvalue weighted by Crippen LogP contribution is -2.12. The molecule has 2 aromatic heterocycles. The van der Waals surface area contributed by atoms with Gasteiger partial charge in [-0.05, 0) is 41.3 Å². The fourth-order valence-corrected chi connectivity index (χ4v) is 3.92. The summed E-state index contributed by atoms with van der Waals surface area (Å²) < 4.78 is 20.4. The van der Waals surface area contributed by atoms with Gasteiger partial charge in [0.1, 0.15) is 24.5 Å². The first-order valence-corrected chi connectivity index (χ1v) is 10.7. The minimum Gasteiger partial charge on any atom is -0.487 e. The summed E-state index contributed by atoms with van der Waals surface area (Å²) in [5.41, 5.74) is 1.53. The van der Waals surface area contributed by atoms with Crippen LogP contribution in [0.2, 0.25) is 10.0 Å². The van der Waals surface area contributed by atoms with E-state index in [-0.39, 0.29) is 11.9 Å². The molecular formula is C21H15Cl2FN4O2S. The maximum Gasteiger partial charge on any atom is 0.268 e. The first kappa shape index (κ1) is 21.3. The number of hydrogen-bond donors (Lipinski definition) is 1. The van der Waals surface area contributed by atoms with Crippen LogP contribution in [0, 0.1) is 5.82 Å². The third kappa shape index (κ3) is 5.41. The standard InChI is InChI=1S/C21H15Cl2FN4O2S/c22-16-3-1-2-4-18(16)30-10-13-7-19(31-11-13)20(29)26-21-25-12-28(27-21)9-14-5-6-15(24)8-17(14)23/h1-8,11-12H,9-10H2,(H,26,27,29). The van der Waals surface area contributed by atoms with E-state index < -0.39 is 5.82 Å². The molecule has 1 N–H and O–H groups in total. The molecule has 1 amide bonds. The number of anilines is 1. The van der Waals surface area contributed by atoms with Gasteiger partial charge in [0, 0.05) is 10.6 Å². The first-order valence-electron chi connectivity index (χ1n) is 9.07. The van der Waals surface area contributed by atoms with Crippen LogP contribution in [0.25, 0.3) is 0 Å². The summed E-state index contributed by atoms with van der Waals surface area (Å²) >= 11 is 13.4. The number of hydrogen-bond acceptors (Lipinski definition) is 5. The number of carbonyl (C=O) groups is 1. The van der Waals surface area contributed by atoms with Crippen molar-refractivity contribution in [2.45, 2.75) is 13.2 Å². The second-order valence-electron chi connectivity index (χ2n) is 6.49. The van der Waals surface area contributed by atoms with Gasteiger partial charge in [-0.3, -0.25) is 10.1 Å². The van der Waals surface area contributed by atoms with E-state index in [1.54, 1.807) is 24.3 Å². The molecule has 158 valence electrons. The molecule has 31 heavy (non-hydrogen) atoms. The van der Waals surface area contributed by atoms with Crippen LogP contribution in [0.15, 0.2) is 60.2 Å². The molecule has 10 heteroatoms. The Bertz CT molecular complexity index is 1230. The van der Waals surface area contributed by atoms with E-state index >= 15 is 0 Å². The molecular weight excluding hydrogens is 462 g/mol. The largest absolute Gasteiger partial charge is 0.487 e. The topological polar surface area (TPSA) is 69.0 Å². The van der Waals surface area contributed by atoms with Gasteiger partial charge in [0.2, 0.25) is 5.95 Å². The highest BCUT2D eigenvalue weighted by Crippen LogP contribution is 2.25. The number of thiophene rings is 1. The highest BCUT2D eigenvalue weighted by atomic mass is 35.5. The molecule has 0 fully saturated rings. The number of ether oxygens (including phenoxy) is 1. The molecule has 0 aliphatic carbocycles. The van der Waals surface area contributed by atoms with Gasteiger partial charge in [-0.1, -0.05) is 41.4 Å². The number of rotatable bonds is 7. The Morgan fingerprint density at radius 3 is 2.81 bits per heavy atom. The van der Waals surface area contributed by atoms with E-state index in [2.05, 4.69) is 15.4 Å². The number of aromatic nitrogens is 3. The van der Waals surface area contributed by atoms with Crippen LogP contribution in [0.5, 0.6) is 5.75 Å². The molecule has 2 aromatic carbocycles. The van der Waals surface area contributed by atoms with Crippen LogP contribution in [-0.2, 0) is 13.2 Å². The zero-order valence-corrected chi connectivity index (χ0v) is 18.2. The average Bonchev–Trinajstić information content (AvgIpc) is 3.39. The van der Waals surface area contributed by atoms with Crippen molar-refractivity contribution in [1.29, 1.82) is 0 Å². The summed E-state index contributed by atoms with van der Waals surface area (Å²) in [5, 5.41) is 9.54. The van der Waals surface area contributed by atoms with Gasteiger partial charge in [-0.15, -0.1) is 16.4 Å². The molecule has 0 aliphatic heterocycles. The lowest BCUT2D eigenvalue weighted by molar-refractivity contribution is 0.102. The molecule has 4 rings (SSSR count). The quantitative estimate of drug-likeness (QED) is 0.373. The Labute approximate surface area is 191 Å². The molecule has 0 unspecified atom stereocenters. The van der Waals surface area contributed by atoms with Gasteiger partial charge in [0.05, 0.1) is 16.4 Å². The molecule has 4 aromatic rings. The number of para-hydroxylation sites is 1. The molecule has 0 atom stereocenters. The Morgan fingerprint density at radius 1 is 1.16 bits per heavy atom. The molecule has 0 bridgehead atoms. The molecule has 0 saturated carbocycles. The minimum atomic E-state index is -0.409. The third-order valence-corrected chi connectivity index (χ3v) is 5.86. The summed E-state index contributed by atoms with van der Waals surface area (Å²) in [5.74, 6) is 0.00213. The summed E-state index contributed by atoms with van der Waals surface area (Å²) in [6.45, 7) is 0.587. The van der Waals surface area contributed by atoms with E-state index in [0.717, 1.165) is 5.56 Å². The van der Waals surface area contributed by atoms with Gasteiger partial charge in [0.15, 0.2) is 0 Å². The zero-order chi connectivity index (χ0) is 21.8. The van der Waals surface area contributed by atoms with Gasteiger partial charge in [0.25, 0.3) is 5.91 Å². The van der Waals surface area contributed by atoms with Gasteiger partial charge >= 0.3 is 0 Å². The number of benzene rings is 2. The Balaban J connectivity index is 1.35. The number of halogens is 3. The second kappa shape index (κ2) is 9.47. The number of nitrogens with one attached hydrogen (secondary N) is 1.